The number of fused-ring (bicyclic) bond motifs is 1. The van der Waals surface area contributed by atoms with Gasteiger partial charge in [0.05, 0.1) is 5.52 Å². The molecule has 0 saturated carbocycles. The minimum atomic E-state index is -0.284. The number of hydrogen-bond donors (Lipinski definition) is 2. The Bertz CT molecular complexity index is 649. The Balaban J connectivity index is 2.20. The van der Waals surface area contributed by atoms with Crippen LogP contribution in [0.2, 0.25) is 0 Å². The molecule has 1 saturated heterocycles. The third-order valence-electron chi connectivity index (χ3n) is 3.21. The van der Waals surface area contributed by atoms with E-state index in [0.717, 1.165) is 25.9 Å². The lowest BCUT2D eigenvalue weighted by Crippen LogP contribution is -2.41. The lowest BCUT2D eigenvalue weighted by Gasteiger charge is -2.23. The van der Waals surface area contributed by atoms with Crippen LogP contribution in [0.25, 0.3) is 10.2 Å². The fraction of sp³-hybridized carbons (Fsp3) is 0.455. The summed E-state index contributed by atoms with van der Waals surface area (Å²) >= 11 is 1.38. The van der Waals surface area contributed by atoms with Crippen LogP contribution in [-0.2, 0) is 0 Å². The molecule has 1 fully saturated rings. The summed E-state index contributed by atoms with van der Waals surface area (Å²) in [6, 6.07) is 1.80. The Kier molecular flexibility index (Phi) is 2.60. The lowest BCUT2D eigenvalue weighted by atomic mass is 10.1. The SMILES string of the molecule is O=c1[nH]c2ccsc2c(=O)n1C1CCNCC1. The van der Waals surface area contributed by atoms with Gasteiger partial charge in [0.25, 0.3) is 5.56 Å². The van der Waals surface area contributed by atoms with Crippen molar-refractivity contribution in [1.29, 1.82) is 0 Å². The monoisotopic (exact) mass is 251 g/mol. The Labute approximate surface area is 101 Å². The van der Waals surface area contributed by atoms with E-state index >= 15 is 0 Å². The average Bonchev–Trinajstić information content (AvgIpc) is 2.78. The molecule has 3 rings (SSSR count). The molecule has 0 atom stereocenters. The molecule has 5 nitrogen and oxygen atoms in total. The summed E-state index contributed by atoms with van der Waals surface area (Å²) in [5.41, 5.74) is 0.216. The summed E-state index contributed by atoms with van der Waals surface area (Å²) in [7, 11) is 0. The molecule has 1 aliphatic heterocycles. The molecule has 2 N–H and O–H groups in total. The molecule has 0 amide bonds. The molecule has 1 aliphatic rings. The van der Waals surface area contributed by atoms with E-state index in [1.54, 1.807) is 6.07 Å². The zero-order valence-corrected chi connectivity index (χ0v) is 10.0. The predicted molar refractivity (Wildman–Crippen MR) is 67.8 cm³/mol. The number of nitrogens with one attached hydrogen (secondary N) is 2. The second-order valence-electron chi connectivity index (χ2n) is 4.25. The van der Waals surface area contributed by atoms with Crippen LogP contribution in [-0.4, -0.2) is 22.6 Å². The average molecular weight is 251 g/mol. The van der Waals surface area contributed by atoms with Crippen molar-refractivity contribution < 1.29 is 0 Å². The minimum Gasteiger partial charge on any atom is -0.317 e. The van der Waals surface area contributed by atoms with Crippen LogP contribution in [0.15, 0.2) is 21.0 Å². The molecule has 3 heterocycles. The van der Waals surface area contributed by atoms with Crippen LogP contribution in [0, 0.1) is 0 Å². The van der Waals surface area contributed by atoms with E-state index in [4.69, 9.17) is 0 Å². The molecule has 0 spiro atoms. The minimum absolute atomic E-state index is 0.0269. The summed E-state index contributed by atoms with van der Waals surface area (Å²) in [5, 5.41) is 5.06. The van der Waals surface area contributed by atoms with Gasteiger partial charge >= 0.3 is 5.69 Å². The third-order valence-corrected chi connectivity index (χ3v) is 4.11. The van der Waals surface area contributed by atoms with Gasteiger partial charge in [-0.15, -0.1) is 11.3 Å². The first-order valence-electron chi connectivity index (χ1n) is 5.70. The number of piperidine rings is 1. The lowest BCUT2D eigenvalue weighted by molar-refractivity contribution is 0.352. The van der Waals surface area contributed by atoms with E-state index in [1.165, 1.54) is 15.9 Å². The first-order valence-corrected chi connectivity index (χ1v) is 6.58. The van der Waals surface area contributed by atoms with Crippen LogP contribution in [0.4, 0.5) is 0 Å². The van der Waals surface area contributed by atoms with Gasteiger partial charge in [0, 0.05) is 6.04 Å². The van der Waals surface area contributed by atoms with Gasteiger partial charge in [-0.2, -0.15) is 0 Å². The maximum absolute atomic E-state index is 12.2. The number of aromatic nitrogens is 2. The normalized spacial score (nSPS) is 17.6. The van der Waals surface area contributed by atoms with Crippen LogP contribution in [0.5, 0.6) is 0 Å². The molecule has 90 valence electrons. The molecule has 0 unspecified atom stereocenters. The molecule has 0 bridgehead atoms. The van der Waals surface area contributed by atoms with Crippen molar-refractivity contribution in [3.63, 3.8) is 0 Å². The van der Waals surface area contributed by atoms with E-state index in [1.807, 2.05) is 5.38 Å². The highest BCUT2D eigenvalue weighted by Crippen LogP contribution is 2.17. The number of thiophene rings is 1. The smallest absolute Gasteiger partial charge is 0.317 e. The van der Waals surface area contributed by atoms with Crippen LogP contribution >= 0.6 is 11.3 Å². The fourth-order valence-corrected chi connectivity index (χ4v) is 3.13. The van der Waals surface area contributed by atoms with Crippen molar-refractivity contribution >= 4 is 21.6 Å². The summed E-state index contributed by atoms with van der Waals surface area (Å²) in [5.74, 6) is 0. The predicted octanol–water partition coefficient (Wildman–Crippen LogP) is 0.676. The Morgan fingerprint density at radius 2 is 2.06 bits per heavy atom. The first-order chi connectivity index (χ1) is 8.27. The van der Waals surface area contributed by atoms with Crippen LogP contribution in [0.1, 0.15) is 18.9 Å². The fourth-order valence-electron chi connectivity index (χ4n) is 2.35. The summed E-state index contributed by atoms with van der Waals surface area (Å²) < 4.78 is 2.03. The molecular weight excluding hydrogens is 238 g/mol. The van der Waals surface area contributed by atoms with Crippen molar-refractivity contribution in [3.05, 3.63) is 32.3 Å². The van der Waals surface area contributed by atoms with E-state index in [0.29, 0.717) is 10.2 Å². The maximum atomic E-state index is 12.2. The second-order valence-corrected chi connectivity index (χ2v) is 5.17. The highest BCUT2D eigenvalue weighted by molar-refractivity contribution is 7.17. The van der Waals surface area contributed by atoms with Crippen LogP contribution in [0.3, 0.4) is 0 Å². The van der Waals surface area contributed by atoms with E-state index in [2.05, 4.69) is 10.3 Å². The van der Waals surface area contributed by atoms with Crippen molar-refractivity contribution in [3.8, 4) is 0 Å². The zero-order chi connectivity index (χ0) is 11.8. The van der Waals surface area contributed by atoms with E-state index < -0.39 is 0 Å². The van der Waals surface area contributed by atoms with Gasteiger partial charge in [-0.1, -0.05) is 0 Å². The molecule has 0 aromatic carbocycles. The topological polar surface area (TPSA) is 66.9 Å². The van der Waals surface area contributed by atoms with Gasteiger partial charge in [0.2, 0.25) is 0 Å². The number of H-pyrrole nitrogens is 1. The van der Waals surface area contributed by atoms with Crippen molar-refractivity contribution in [2.45, 2.75) is 18.9 Å². The first kappa shape index (κ1) is 10.7. The van der Waals surface area contributed by atoms with Crippen molar-refractivity contribution in [2.75, 3.05) is 13.1 Å². The molecular formula is C11H13N3O2S. The maximum Gasteiger partial charge on any atom is 0.329 e. The molecule has 2 aromatic heterocycles. The summed E-state index contributed by atoms with van der Waals surface area (Å²) in [6.45, 7) is 1.72. The van der Waals surface area contributed by atoms with Gasteiger partial charge in [-0.3, -0.25) is 9.36 Å². The number of rotatable bonds is 1. The van der Waals surface area contributed by atoms with Gasteiger partial charge in [0.1, 0.15) is 4.70 Å². The molecule has 6 heteroatoms. The Morgan fingerprint density at radius 1 is 1.29 bits per heavy atom. The molecule has 0 aliphatic carbocycles. The van der Waals surface area contributed by atoms with Gasteiger partial charge in [-0.25, -0.2) is 4.79 Å². The largest absolute Gasteiger partial charge is 0.329 e. The highest BCUT2D eigenvalue weighted by Gasteiger charge is 2.20. The molecule has 17 heavy (non-hydrogen) atoms. The standard InChI is InChI=1S/C11H13N3O2S/c15-10-9-8(3-6-17-9)13-11(16)14(10)7-1-4-12-5-2-7/h3,6-7,12H,1-2,4-5H2,(H,13,16). The number of aromatic amines is 1. The highest BCUT2D eigenvalue weighted by atomic mass is 32.1. The number of hydrogen-bond acceptors (Lipinski definition) is 4. The quantitative estimate of drug-likeness (QED) is 0.783. The molecule has 0 radical (unpaired) electrons. The van der Waals surface area contributed by atoms with Crippen LogP contribution < -0.4 is 16.6 Å². The van der Waals surface area contributed by atoms with Crippen molar-refractivity contribution in [1.82, 2.24) is 14.9 Å². The molecule has 2 aromatic rings. The van der Waals surface area contributed by atoms with E-state index in [-0.39, 0.29) is 17.3 Å². The van der Waals surface area contributed by atoms with Gasteiger partial charge < -0.3 is 10.3 Å². The van der Waals surface area contributed by atoms with E-state index in [9.17, 15) is 9.59 Å². The summed E-state index contributed by atoms with van der Waals surface area (Å²) in [6.07, 6.45) is 1.67. The van der Waals surface area contributed by atoms with Crippen molar-refractivity contribution in [2.24, 2.45) is 0 Å². The zero-order valence-electron chi connectivity index (χ0n) is 9.23. The Morgan fingerprint density at radius 3 is 2.82 bits per heavy atom. The van der Waals surface area contributed by atoms with Gasteiger partial charge in [0.15, 0.2) is 0 Å². The number of nitrogens with zero attached hydrogens (tertiary/aromatic N) is 1. The third kappa shape index (κ3) is 1.73. The Hall–Kier alpha value is -1.40. The second kappa shape index (κ2) is 4.12. The van der Waals surface area contributed by atoms with Gasteiger partial charge in [-0.05, 0) is 37.4 Å². The summed E-state index contributed by atoms with van der Waals surface area (Å²) in [4.78, 5) is 27.0.